The standard InChI is InChI=1S/C15H27N5O2/c1-4-21-11(2)14-19-13(22-20-14)10-17-15(16-3)18-12-8-6-5-7-9-12/h11-12H,4-10H2,1-3H3,(H2,16,17,18). The molecule has 0 radical (unpaired) electrons. The fraction of sp³-hybridized carbons (Fsp3) is 0.800. The molecule has 1 fully saturated rings. The van der Waals surface area contributed by atoms with Crippen molar-refractivity contribution in [1.29, 1.82) is 0 Å². The quantitative estimate of drug-likeness (QED) is 0.619. The molecule has 0 spiro atoms. The molecule has 1 saturated carbocycles. The van der Waals surface area contributed by atoms with Crippen LogP contribution in [0, 0.1) is 0 Å². The molecule has 22 heavy (non-hydrogen) atoms. The number of hydrogen-bond acceptors (Lipinski definition) is 5. The van der Waals surface area contributed by atoms with Crippen molar-refractivity contribution in [2.75, 3.05) is 13.7 Å². The second-order valence-corrected chi connectivity index (χ2v) is 5.55. The molecule has 1 aromatic rings. The maximum Gasteiger partial charge on any atom is 0.246 e. The van der Waals surface area contributed by atoms with Crippen molar-refractivity contribution < 1.29 is 9.26 Å². The van der Waals surface area contributed by atoms with E-state index in [1.807, 2.05) is 13.8 Å². The Kier molecular flexibility index (Phi) is 6.64. The number of ether oxygens (including phenoxy) is 1. The van der Waals surface area contributed by atoms with Crippen molar-refractivity contribution in [1.82, 2.24) is 20.8 Å². The highest BCUT2D eigenvalue weighted by Crippen LogP contribution is 2.17. The van der Waals surface area contributed by atoms with Gasteiger partial charge in [0.1, 0.15) is 6.10 Å². The van der Waals surface area contributed by atoms with Crippen molar-refractivity contribution in [2.24, 2.45) is 4.99 Å². The maximum absolute atomic E-state index is 5.45. The number of aromatic nitrogens is 2. The first kappa shape index (κ1) is 16.7. The fourth-order valence-electron chi connectivity index (χ4n) is 2.62. The Morgan fingerprint density at radius 3 is 2.86 bits per heavy atom. The van der Waals surface area contributed by atoms with Crippen LogP contribution in [0.1, 0.15) is 63.8 Å². The van der Waals surface area contributed by atoms with Gasteiger partial charge >= 0.3 is 0 Å². The second-order valence-electron chi connectivity index (χ2n) is 5.55. The van der Waals surface area contributed by atoms with Gasteiger partial charge < -0.3 is 19.9 Å². The van der Waals surface area contributed by atoms with Gasteiger partial charge in [-0.25, -0.2) is 0 Å². The molecule has 1 aliphatic rings. The molecular formula is C15H27N5O2. The Labute approximate surface area is 131 Å². The summed E-state index contributed by atoms with van der Waals surface area (Å²) in [6.45, 7) is 4.94. The summed E-state index contributed by atoms with van der Waals surface area (Å²) < 4.78 is 10.7. The lowest BCUT2D eigenvalue weighted by Crippen LogP contribution is -2.43. The van der Waals surface area contributed by atoms with E-state index in [0.717, 1.165) is 5.96 Å². The van der Waals surface area contributed by atoms with Crippen LogP contribution in [0.4, 0.5) is 0 Å². The Balaban J connectivity index is 1.80. The van der Waals surface area contributed by atoms with Gasteiger partial charge in [0.05, 0.1) is 6.54 Å². The molecule has 0 amide bonds. The summed E-state index contributed by atoms with van der Waals surface area (Å²) in [7, 11) is 1.77. The maximum atomic E-state index is 5.45. The van der Waals surface area contributed by atoms with Crippen LogP contribution in [0.25, 0.3) is 0 Å². The van der Waals surface area contributed by atoms with Crippen LogP contribution >= 0.6 is 0 Å². The van der Waals surface area contributed by atoms with Crippen LogP contribution in [0.3, 0.4) is 0 Å². The smallest absolute Gasteiger partial charge is 0.246 e. The van der Waals surface area contributed by atoms with Crippen molar-refractivity contribution in [3.8, 4) is 0 Å². The Morgan fingerprint density at radius 1 is 1.41 bits per heavy atom. The molecule has 0 bridgehead atoms. The van der Waals surface area contributed by atoms with E-state index in [1.165, 1.54) is 32.1 Å². The molecule has 1 unspecified atom stereocenters. The molecule has 1 atom stereocenters. The Hall–Kier alpha value is -1.63. The summed E-state index contributed by atoms with van der Waals surface area (Å²) in [4.78, 5) is 8.58. The lowest BCUT2D eigenvalue weighted by Gasteiger charge is -2.24. The van der Waals surface area contributed by atoms with E-state index in [4.69, 9.17) is 9.26 Å². The van der Waals surface area contributed by atoms with Crippen molar-refractivity contribution >= 4 is 5.96 Å². The summed E-state index contributed by atoms with van der Waals surface area (Å²) in [5, 5.41) is 10.6. The molecular weight excluding hydrogens is 282 g/mol. The lowest BCUT2D eigenvalue weighted by molar-refractivity contribution is 0.0683. The van der Waals surface area contributed by atoms with Crippen LogP contribution in [-0.4, -0.2) is 35.8 Å². The summed E-state index contributed by atoms with van der Waals surface area (Å²) in [6, 6.07) is 0.510. The molecule has 124 valence electrons. The predicted octanol–water partition coefficient (Wildman–Crippen LogP) is 2.16. The Morgan fingerprint density at radius 2 is 2.18 bits per heavy atom. The zero-order valence-electron chi connectivity index (χ0n) is 13.8. The van der Waals surface area contributed by atoms with Gasteiger partial charge in [-0.2, -0.15) is 4.98 Å². The minimum absolute atomic E-state index is 0.151. The highest BCUT2D eigenvalue weighted by Gasteiger charge is 2.16. The number of hydrogen-bond donors (Lipinski definition) is 2. The van der Waals surface area contributed by atoms with Gasteiger partial charge in [-0.1, -0.05) is 24.4 Å². The van der Waals surface area contributed by atoms with Crippen LogP contribution in [0.5, 0.6) is 0 Å². The van der Waals surface area contributed by atoms with E-state index >= 15 is 0 Å². The Bertz CT molecular complexity index is 468. The van der Waals surface area contributed by atoms with Crippen molar-refractivity contribution in [2.45, 2.75) is 64.6 Å². The normalized spacial score (nSPS) is 18.2. The topological polar surface area (TPSA) is 84.6 Å². The monoisotopic (exact) mass is 309 g/mol. The first-order valence-electron chi connectivity index (χ1n) is 8.14. The van der Waals surface area contributed by atoms with E-state index in [9.17, 15) is 0 Å². The van der Waals surface area contributed by atoms with Gasteiger partial charge in [0, 0.05) is 19.7 Å². The van der Waals surface area contributed by atoms with Gasteiger partial charge in [0.25, 0.3) is 0 Å². The second kappa shape index (κ2) is 8.73. The lowest BCUT2D eigenvalue weighted by atomic mass is 9.96. The van der Waals surface area contributed by atoms with Gasteiger partial charge in [-0.05, 0) is 26.7 Å². The van der Waals surface area contributed by atoms with E-state index in [2.05, 4.69) is 25.8 Å². The van der Waals surface area contributed by atoms with Crippen LogP contribution in [-0.2, 0) is 11.3 Å². The molecule has 0 aliphatic heterocycles. The number of nitrogens with zero attached hydrogens (tertiary/aromatic N) is 3. The molecule has 7 heteroatoms. The summed E-state index contributed by atoms with van der Waals surface area (Å²) in [6.07, 6.45) is 6.18. The molecule has 2 N–H and O–H groups in total. The first-order chi connectivity index (χ1) is 10.7. The summed E-state index contributed by atoms with van der Waals surface area (Å²) in [5.41, 5.74) is 0. The predicted molar refractivity (Wildman–Crippen MR) is 84.5 cm³/mol. The zero-order chi connectivity index (χ0) is 15.8. The summed E-state index contributed by atoms with van der Waals surface area (Å²) >= 11 is 0. The number of nitrogens with one attached hydrogen (secondary N) is 2. The number of rotatable bonds is 6. The third-order valence-corrected chi connectivity index (χ3v) is 3.84. The average molecular weight is 309 g/mol. The third kappa shape index (κ3) is 4.98. The molecule has 1 aromatic heterocycles. The van der Waals surface area contributed by atoms with Crippen LogP contribution in [0.2, 0.25) is 0 Å². The average Bonchev–Trinajstić information content (AvgIpc) is 3.01. The first-order valence-corrected chi connectivity index (χ1v) is 8.14. The van der Waals surface area contributed by atoms with Gasteiger partial charge in [0.15, 0.2) is 11.8 Å². The van der Waals surface area contributed by atoms with E-state index in [0.29, 0.717) is 30.9 Å². The van der Waals surface area contributed by atoms with Crippen molar-refractivity contribution in [3.63, 3.8) is 0 Å². The number of guanidine groups is 1. The van der Waals surface area contributed by atoms with Crippen LogP contribution < -0.4 is 10.6 Å². The van der Waals surface area contributed by atoms with E-state index in [-0.39, 0.29) is 6.10 Å². The fourth-order valence-corrected chi connectivity index (χ4v) is 2.62. The summed E-state index contributed by atoms with van der Waals surface area (Å²) in [5.74, 6) is 1.89. The molecule has 1 heterocycles. The van der Waals surface area contributed by atoms with Gasteiger partial charge in [-0.15, -0.1) is 0 Å². The third-order valence-electron chi connectivity index (χ3n) is 3.84. The molecule has 0 saturated heterocycles. The van der Waals surface area contributed by atoms with Gasteiger partial charge in [-0.3, -0.25) is 4.99 Å². The zero-order valence-corrected chi connectivity index (χ0v) is 13.8. The number of aliphatic imine (C=N–C) groups is 1. The molecule has 7 nitrogen and oxygen atoms in total. The molecule has 0 aromatic carbocycles. The molecule has 2 rings (SSSR count). The van der Waals surface area contributed by atoms with E-state index in [1.54, 1.807) is 7.05 Å². The highest BCUT2D eigenvalue weighted by molar-refractivity contribution is 5.79. The van der Waals surface area contributed by atoms with Crippen molar-refractivity contribution in [3.05, 3.63) is 11.7 Å². The van der Waals surface area contributed by atoms with Gasteiger partial charge in [0.2, 0.25) is 5.89 Å². The van der Waals surface area contributed by atoms with E-state index < -0.39 is 0 Å². The minimum Gasteiger partial charge on any atom is -0.371 e. The van der Waals surface area contributed by atoms with Crippen LogP contribution in [0.15, 0.2) is 9.52 Å². The SMILES string of the molecule is CCOC(C)c1noc(CNC(=NC)NC2CCCCC2)n1. The largest absolute Gasteiger partial charge is 0.371 e. The molecule has 1 aliphatic carbocycles. The minimum atomic E-state index is -0.151. The highest BCUT2D eigenvalue weighted by atomic mass is 16.5.